The topological polar surface area (TPSA) is 99.0 Å². The van der Waals surface area contributed by atoms with Crippen molar-refractivity contribution in [2.24, 2.45) is 10.9 Å². The van der Waals surface area contributed by atoms with Gasteiger partial charge in [0.1, 0.15) is 0 Å². The molecule has 1 fully saturated rings. The summed E-state index contributed by atoms with van der Waals surface area (Å²) in [6.07, 6.45) is 2.88. The Labute approximate surface area is 206 Å². The number of aliphatic imine (C=N–C) groups is 1. The van der Waals surface area contributed by atoms with E-state index in [1.807, 2.05) is 30.0 Å². The van der Waals surface area contributed by atoms with Crippen LogP contribution in [0.3, 0.4) is 0 Å². The maximum Gasteiger partial charge on any atom is 0.287 e. The predicted octanol–water partition coefficient (Wildman–Crippen LogP) is 2.27. The number of rotatable bonds is 10. The quantitative estimate of drug-likeness (QED) is 0.182. The molecule has 32 heavy (non-hydrogen) atoms. The third-order valence-corrected chi connectivity index (χ3v) is 5.11. The molecule has 1 aromatic carbocycles. The maximum atomic E-state index is 12.3. The molecule has 0 spiro atoms. The van der Waals surface area contributed by atoms with E-state index in [0.717, 1.165) is 26.1 Å². The van der Waals surface area contributed by atoms with Crippen LogP contribution in [-0.4, -0.2) is 61.9 Å². The van der Waals surface area contributed by atoms with E-state index < -0.39 is 0 Å². The van der Waals surface area contributed by atoms with E-state index in [2.05, 4.69) is 33.1 Å². The highest BCUT2D eigenvalue weighted by Gasteiger charge is 2.29. The van der Waals surface area contributed by atoms with Crippen molar-refractivity contribution in [3.63, 3.8) is 0 Å². The van der Waals surface area contributed by atoms with Gasteiger partial charge in [-0.1, -0.05) is 30.3 Å². The van der Waals surface area contributed by atoms with E-state index in [-0.39, 0.29) is 41.7 Å². The number of carbonyl (C=O) groups excluding carboxylic acids is 2. The van der Waals surface area contributed by atoms with E-state index in [9.17, 15) is 9.59 Å². The molecule has 0 bridgehead atoms. The fourth-order valence-electron chi connectivity index (χ4n) is 3.52. The molecule has 1 aliphatic heterocycles. The van der Waals surface area contributed by atoms with E-state index in [0.29, 0.717) is 37.8 Å². The number of benzene rings is 1. The summed E-state index contributed by atoms with van der Waals surface area (Å²) in [5.74, 6) is 1.16. The molecule has 174 valence electrons. The van der Waals surface area contributed by atoms with Crippen LogP contribution in [0.1, 0.15) is 29.5 Å². The van der Waals surface area contributed by atoms with Crippen molar-refractivity contribution >= 4 is 41.8 Å². The lowest BCUT2D eigenvalue weighted by Crippen LogP contribution is -2.41. The van der Waals surface area contributed by atoms with E-state index in [1.54, 1.807) is 12.1 Å². The minimum Gasteiger partial charge on any atom is -0.459 e. The molecule has 0 radical (unpaired) electrons. The molecule has 3 rings (SSSR count). The largest absolute Gasteiger partial charge is 0.459 e. The molecule has 0 aliphatic carbocycles. The van der Waals surface area contributed by atoms with Crippen molar-refractivity contribution in [1.29, 1.82) is 0 Å². The van der Waals surface area contributed by atoms with Crippen LogP contribution in [0.5, 0.6) is 0 Å². The van der Waals surface area contributed by atoms with E-state index in [4.69, 9.17) is 4.42 Å². The predicted molar refractivity (Wildman–Crippen MR) is 135 cm³/mol. The number of nitrogens with zero attached hydrogens (tertiary/aromatic N) is 2. The number of likely N-dealkylation sites (tertiary alicyclic amines) is 1. The molecule has 9 heteroatoms. The van der Waals surface area contributed by atoms with Crippen molar-refractivity contribution in [3.05, 3.63) is 60.1 Å². The molecule has 2 amide bonds. The lowest BCUT2D eigenvalue weighted by Gasteiger charge is -2.16. The first-order valence-corrected chi connectivity index (χ1v) is 10.8. The van der Waals surface area contributed by atoms with Gasteiger partial charge in [-0.15, -0.1) is 24.0 Å². The van der Waals surface area contributed by atoms with Gasteiger partial charge in [0.2, 0.25) is 5.91 Å². The highest BCUT2D eigenvalue weighted by molar-refractivity contribution is 14.0. The van der Waals surface area contributed by atoms with Gasteiger partial charge in [-0.05, 0) is 31.0 Å². The Morgan fingerprint density at radius 1 is 1.12 bits per heavy atom. The van der Waals surface area contributed by atoms with Crippen molar-refractivity contribution < 1.29 is 14.0 Å². The normalized spacial score (nSPS) is 15.9. The summed E-state index contributed by atoms with van der Waals surface area (Å²) in [4.78, 5) is 30.8. The van der Waals surface area contributed by atoms with Gasteiger partial charge in [0.25, 0.3) is 5.91 Å². The number of amides is 2. The zero-order chi connectivity index (χ0) is 21.9. The number of hydrogen-bond acceptors (Lipinski definition) is 4. The van der Waals surface area contributed by atoms with Gasteiger partial charge >= 0.3 is 0 Å². The summed E-state index contributed by atoms with van der Waals surface area (Å²) in [6.45, 7) is 5.79. The number of hydrogen-bond donors (Lipinski definition) is 3. The second-order valence-corrected chi connectivity index (χ2v) is 7.53. The Balaban J connectivity index is 0.00000363. The van der Waals surface area contributed by atoms with Crippen LogP contribution in [0.4, 0.5) is 0 Å². The summed E-state index contributed by atoms with van der Waals surface area (Å²) >= 11 is 0. The van der Waals surface area contributed by atoms with Crippen molar-refractivity contribution in [2.75, 3.05) is 39.3 Å². The molecule has 1 unspecified atom stereocenters. The second kappa shape index (κ2) is 13.8. The van der Waals surface area contributed by atoms with Crippen LogP contribution in [0.25, 0.3) is 0 Å². The third kappa shape index (κ3) is 8.18. The Morgan fingerprint density at radius 2 is 1.91 bits per heavy atom. The summed E-state index contributed by atoms with van der Waals surface area (Å²) in [6, 6.07) is 13.5. The Bertz CT molecular complexity index is 858. The van der Waals surface area contributed by atoms with Gasteiger partial charge in [-0.25, -0.2) is 0 Å². The first-order chi connectivity index (χ1) is 15.2. The van der Waals surface area contributed by atoms with Crippen LogP contribution < -0.4 is 16.0 Å². The number of halogens is 1. The lowest BCUT2D eigenvalue weighted by molar-refractivity contribution is -0.127. The second-order valence-electron chi connectivity index (χ2n) is 7.53. The molecular formula is C23H32IN5O3. The monoisotopic (exact) mass is 553 g/mol. The average Bonchev–Trinajstić information content (AvgIpc) is 3.44. The summed E-state index contributed by atoms with van der Waals surface area (Å²) in [5, 5.41) is 9.20. The van der Waals surface area contributed by atoms with Crippen LogP contribution >= 0.6 is 24.0 Å². The van der Waals surface area contributed by atoms with Gasteiger partial charge in [-0.2, -0.15) is 0 Å². The molecule has 1 saturated heterocycles. The highest BCUT2D eigenvalue weighted by Crippen LogP contribution is 2.18. The number of nitrogens with one attached hydrogen (secondary N) is 3. The van der Waals surface area contributed by atoms with Crippen molar-refractivity contribution in [2.45, 2.75) is 19.8 Å². The summed E-state index contributed by atoms with van der Waals surface area (Å²) in [5.41, 5.74) is 1.24. The fraction of sp³-hybridized carbons (Fsp3) is 0.435. The van der Waals surface area contributed by atoms with Crippen LogP contribution in [0.2, 0.25) is 0 Å². The molecule has 2 aromatic rings. The Kier molecular flexibility index (Phi) is 11.1. The summed E-state index contributed by atoms with van der Waals surface area (Å²) < 4.78 is 5.07. The minimum atomic E-state index is -0.242. The minimum absolute atomic E-state index is 0. The number of carbonyl (C=O) groups is 2. The van der Waals surface area contributed by atoms with Crippen LogP contribution in [0, 0.1) is 5.92 Å². The first kappa shape index (κ1) is 25.7. The standard InChI is InChI=1S/C23H31N5O3.HI/c1-2-24-23(26-12-11-25-22(30)20-9-6-14-31-20)27-16-19-15-21(29)28(17-19)13-10-18-7-4-3-5-8-18;/h3-9,14,19H,2,10-13,15-17H2,1H3,(H,25,30)(H2,24,26,27);1H. The lowest BCUT2D eigenvalue weighted by atomic mass is 10.1. The maximum absolute atomic E-state index is 12.3. The number of furan rings is 1. The van der Waals surface area contributed by atoms with Gasteiger partial charge in [0.05, 0.1) is 6.26 Å². The average molecular weight is 553 g/mol. The highest BCUT2D eigenvalue weighted by atomic mass is 127. The van der Waals surface area contributed by atoms with Crippen molar-refractivity contribution in [1.82, 2.24) is 20.9 Å². The van der Waals surface area contributed by atoms with Crippen LogP contribution in [0.15, 0.2) is 58.1 Å². The van der Waals surface area contributed by atoms with E-state index in [1.165, 1.54) is 11.8 Å². The molecule has 1 aromatic heterocycles. The molecular weight excluding hydrogens is 521 g/mol. The van der Waals surface area contributed by atoms with Gasteiger partial charge in [0, 0.05) is 51.6 Å². The molecule has 2 heterocycles. The molecule has 8 nitrogen and oxygen atoms in total. The molecule has 1 aliphatic rings. The molecule has 0 saturated carbocycles. The Hall–Kier alpha value is -2.56. The van der Waals surface area contributed by atoms with Gasteiger partial charge < -0.3 is 25.3 Å². The first-order valence-electron chi connectivity index (χ1n) is 10.8. The number of guanidine groups is 1. The summed E-state index contributed by atoms with van der Waals surface area (Å²) in [7, 11) is 0. The van der Waals surface area contributed by atoms with Crippen molar-refractivity contribution in [3.8, 4) is 0 Å². The zero-order valence-electron chi connectivity index (χ0n) is 18.4. The zero-order valence-corrected chi connectivity index (χ0v) is 20.7. The SMILES string of the molecule is CCNC(=NCC1CC(=O)N(CCc2ccccc2)C1)NCCNC(=O)c1ccco1.I. The Morgan fingerprint density at radius 3 is 2.62 bits per heavy atom. The third-order valence-electron chi connectivity index (χ3n) is 5.11. The smallest absolute Gasteiger partial charge is 0.287 e. The van der Waals surface area contributed by atoms with E-state index >= 15 is 0 Å². The van der Waals surface area contributed by atoms with Crippen LogP contribution in [-0.2, 0) is 11.2 Å². The fourth-order valence-corrected chi connectivity index (χ4v) is 3.52. The molecule has 1 atom stereocenters. The van der Waals surface area contributed by atoms with Gasteiger partial charge in [-0.3, -0.25) is 14.6 Å². The molecule has 3 N–H and O–H groups in total. The van der Waals surface area contributed by atoms with Gasteiger partial charge in [0.15, 0.2) is 11.7 Å².